The summed E-state index contributed by atoms with van der Waals surface area (Å²) in [5.74, 6) is 1.59. The summed E-state index contributed by atoms with van der Waals surface area (Å²) in [6.07, 6.45) is 0. The fourth-order valence-electron chi connectivity index (χ4n) is 2.51. The van der Waals surface area contributed by atoms with Gasteiger partial charge in [0.05, 0.1) is 24.1 Å². The van der Waals surface area contributed by atoms with Gasteiger partial charge in [0, 0.05) is 11.1 Å². The molecule has 0 bridgehead atoms. The molecule has 0 N–H and O–H groups in total. The van der Waals surface area contributed by atoms with Gasteiger partial charge < -0.3 is 4.74 Å². The molecule has 0 radical (unpaired) electrons. The Balaban J connectivity index is 1.49. The second-order valence-corrected chi connectivity index (χ2v) is 9.22. The lowest BCUT2D eigenvalue weighted by Gasteiger charge is -2.04. The largest absolute Gasteiger partial charge is 0.496 e. The third-order valence-electron chi connectivity index (χ3n) is 3.76. The number of thioether (sulfide) groups is 1. The highest BCUT2D eigenvalue weighted by molar-refractivity contribution is 8.00. The van der Waals surface area contributed by atoms with Crippen molar-refractivity contribution in [1.29, 1.82) is 0 Å². The van der Waals surface area contributed by atoms with Crippen LogP contribution in [0.25, 0.3) is 16.3 Å². The van der Waals surface area contributed by atoms with E-state index in [2.05, 4.69) is 10.5 Å². The minimum atomic E-state index is 0.747. The van der Waals surface area contributed by atoms with Crippen molar-refractivity contribution in [2.24, 2.45) is 0 Å². The molecule has 0 aliphatic carbocycles. The van der Waals surface area contributed by atoms with Gasteiger partial charge in [-0.05, 0) is 36.5 Å². The summed E-state index contributed by atoms with van der Waals surface area (Å²) in [7, 11) is 1.68. The van der Waals surface area contributed by atoms with E-state index < -0.39 is 0 Å². The van der Waals surface area contributed by atoms with Crippen LogP contribution < -0.4 is 4.74 Å². The second kappa shape index (κ2) is 8.35. The van der Waals surface area contributed by atoms with Crippen LogP contribution in [0.5, 0.6) is 5.75 Å². The molecule has 8 heteroatoms. The van der Waals surface area contributed by atoms with Crippen molar-refractivity contribution in [2.45, 2.75) is 10.1 Å². The fraction of sp³-hybridized carbons (Fsp3) is 0.105. The molecule has 2 aromatic carbocycles. The van der Waals surface area contributed by atoms with Crippen molar-refractivity contribution in [1.82, 2.24) is 14.8 Å². The van der Waals surface area contributed by atoms with Crippen molar-refractivity contribution in [3.8, 4) is 22.0 Å². The first-order chi connectivity index (χ1) is 13.2. The summed E-state index contributed by atoms with van der Waals surface area (Å²) in [5, 5.41) is 7.69. The van der Waals surface area contributed by atoms with Crippen LogP contribution in [0.1, 0.15) is 5.69 Å². The van der Waals surface area contributed by atoms with Crippen LogP contribution in [0, 0.1) is 3.95 Å². The van der Waals surface area contributed by atoms with Crippen LogP contribution in [0.2, 0.25) is 0 Å². The number of benzene rings is 2. The maximum Gasteiger partial charge on any atom is 0.184 e. The fourth-order valence-corrected chi connectivity index (χ4v) is 5.71. The van der Waals surface area contributed by atoms with Crippen LogP contribution >= 0.6 is 46.7 Å². The number of para-hydroxylation sites is 2. The molecule has 0 fully saturated rings. The van der Waals surface area contributed by atoms with Crippen molar-refractivity contribution >= 4 is 46.7 Å². The zero-order chi connectivity index (χ0) is 18.6. The van der Waals surface area contributed by atoms with E-state index in [9.17, 15) is 0 Å². The molecule has 0 unspecified atom stereocenters. The number of hydrogen-bond donors (Lipinski definition) is 0. The van der Waals surface area contributed by atoms with Crippen LogP contribution in [0.3, 0.4) is 0 Å². The van der Waals surface area contributed by atoms with E-state index in [1.165, 1.54) is 11.3 Å². The zero-order valence-electron chi connectivity index (χ0n) is 14.4. The first-order valence-corrected chi connectivity index (χ1v) is 11.2. The lowest BCUT2D eigenvalue weighted by atomic mass is 10.2. The van der Waals surface area contributed by atoms with Gasteiger partial charge >= 0.3 is 0 Å². The van der Waals surface area contributed by atoms with E-state index >= 15 is 0 Å². The number of nitrogens with zero attached hydrogens (tertiary/aromatic N) is 3. The zero-order valence-corrected chi connectivity index (χ0v) is 17.6. The van der Waals surface area contributed by atoms with Crippen molar-refractivity contribution < 1.29 is 4.74 Å². The Morgan fingerprint density at radius 1 is 1.11 bits per heavy atom. The smallest absolute Gasteiger partial charge is 0.184 e. The molecule has 4 rings (SSSR count). The average molecular weight is 430 g/mol. The quantitative estimate of drug-likeness (QED) is 0.274. The minimum Gasteiger partial charge on any atom is -0.496 e. The number of aromatic nitrogens is 3. The minimum absolute atomic E-state index is 0.747. The average Bonchev–Trinajstić information content (AvgIpc) is 3.33. The molecule has 27 heavy (non-hydrogen) atoms. The van der Waals surface area contributed by atoms with E-state index in [1.807, 2.05) is 59.3 Å². The highest BCUT2D eigenvalue weighted by Crippen LogP contribution is 2.34. The Morgan fingerprint density at radius 3 is 2.70 bits per heavy atom. The number of thiazole rings is 1. The normalized spacial score (nSPS) is 10.9. The lowest BCUT2D eigenvalue weighted by Crippen LogP contribution is -1.95. The van der Waals surface area contributed by atoms with Crippen LogP contribution in [0.4, 0.5) is 0 Å². The Kier molecular flexibility index (Phi) is 5.68. The Labute approximate surface area is 174 Å². The van der Waals surface area contributed by atoms with Gasteiger partial charge in [-0.1, -0.05) is 53.4 Å². The van der Waals surface area contributed by atoms with Gasteiger partial charge in [0.2, 0.25) is 0 Å². The van der Waals surface area contributed by atoms with Gasteiger partial charge in [0.1, 0.15) is 10.8 Å². The van der Waals surface area contributed by atoms with Crippen molar-refractivity contribution in [3.05, 3.63) is 69.6 Å². The standard InChI is InChI=1S/C19H15N3OS4/c1-23-16-10-6-5-9-15(16)17-20-13(11-25-17)12-26-18-21-22(19(24)27-18)14-7-3-2-4-8-14/h2-11H,12H2,1H3. The topological polar surface area (TPSA) is 39.9 Å². The predicted molar refractivity (Wildman–Crippen MR) is 116 cm³/mol. The molecule has 0 aliphatic rings. The summed E-state index contributed by atoms with van der Waals surface area (Å²) in [6, 6.07) is 17.9. The first kappa shape index (κ1) is 18.4. The summed E-state index contributed by atoms with van der Waals surface area (Å²) in [4.78, 5) is 4.75. The van der Waals surface area contributed by atoms with E-state index in [-0.39, 0.29) is 0 Å². The Morgan fingerprint density at radius 2 is 1.89 bits per heavy atom. The van der Waals surface area contributed by atoms with E-state index in [4.69, 9.17) is 21.9 Å². The van der Waals surface area contributed by atoms with Gasteiger partial charge in [-0.3, -0.25) is 0 Å². The molecule has 2 heterocycles. The number of rotatable bonds is 6. The van der Waals surface area contributed by atoms with Crippen LogP contribution in [0.15, 0.2) is 64.3 Å². The summed E-state index contributed by atoms with van der Waals surface area (Å²) in [6.45, 7) is 0. The second-order valence-electron chi connectivity index (χ2n) is 5.51. The molecule has 0 spiro atoms. The molecule has 0 aliphatic heterocycles. The van der Waals surface area contributed by atoms with Gasteiger partial charge in [0.15, 0.2) is 8.29 Å². The molecule has 0 atom stereocenters. The maximum absolute atomic E-state index is 5.46. The van der Waals surface area contributed by atoms with Gasteiger partial charge in [-0.15, -0.1) is 16.4 Å². The first-order valence-electron chi connectivity index (χ1n) is 8.11. The molecule has 0 saturated heterocycles. The molecule has 4 nitrogen and oxygen atoms in total. The van der Waals surface area contributed by atoms with Crippen molar-refractivity contribution in [3.63, 3.8) is 0 Å². The van der Waals surface area contributed by atoms with E-state index in [0.29, 0.717) is 0 Å². The lowest BCUT2D eigenvalue weighted by molar-refractivity contribution is 0.416. The van der Waals surface area contributed by atoms with Gasteiger partial charge in [-0.25, -0.2) is 9.67 Å². The van der Waals surface area contributed by atoms with Crippen LogP contribution in [-0.4, -0.2) is 21.9 Å². The van der Waals surface area contributed by atoms with Gasteiger partial charge in [0.25, 0.3) is 0 Å². The summed E-state index contributed by atoms with van der Waals surface area (Å²) < 4.78 is 8.93. The number of hydrogen-bond acceptors (Lipinski definition) is 7. The monoisotopic (exact) mass is 429 g/mol. The third kappa shape index (κ3) is 4.14. The highest BCUT2D eigenvalue weighted by atomic mass is 32.2. The molecule has 0 saturated carbocycles. The predicted octanol–water partition coefficient (Wildman–Crippen LogP) is 6.09. The van der Waals surface area contributed by atoms with Crippen LogP contribution in [-0.2, 0) is 5.75 Å². The van der Waals surface area contributed by atoms with Crippen molar-refractivity contribution in [2.75, 3.05) is 7.11 Å². The Bertz CT molecular complexity index is 1100. The molecule has 2 aromatic heterocycles. The molecular formula is C19H15N3OS4. The summed E-state index contributed by atoms with van der Waals surface area (Å²) >= 11 is 10.3. The van der Waals surface area contributed by atoms with Gasteiger partial charge in [-0.2, -0.15) is 0 Å². The molecule has 0 amide bonds. The highest BCUT2D eigenvalue weighted by Gasteiger charge is 2.11. The van der Waals surface area contributed by atoms with E-state index in [0.717, 1.165) is 41.7 Å². The molecule has 136 valence electrons. The Hall–Kier alpha value is -2.00. The maximum atomic E-state index is 5.46. The third-order valence-corrected chi connectivity index (χ3v) is 7.09. The number of ether oxygens (including phenoxy) is 1. The SMILES string of the molecule is COc1ccccc1-c1nc(CSc2nn(-c3ccccc3)c(=S)s2)cs1. The summed E-state index contributed by atoms with van der Waals surface area (Å²) in [5.41, 5.74) is 3.03. The molecular weight excluding hydrogens is 414 g/mol. The molecule has 4 aromatic rings. The number of methoxy groups -OCH3 is 1. The van der Waals surface area contributed by atoms with E-state index in [1.54, 1.807) is 30.2 Å².